The van der Waals surface area contributed by atoms with Crippen LogP contribution in [0.25, 0.3) is 0 Å². The van der Waals surface area contributed by atoms with Gasteiger partial charge in [0.05, 0.1) is 47.3 Å². The van der Waals surface area contributed by atoms with Crippen LogP contribution < -0.4 is 9.47 Å². The quantitative estimate of drug-likeness (QED) is 0.0301. The number of carbonyl (C=O) groups excluding carboxylic acids is 4. The summed E-state index contributed by atoms with van der Waals surface area (Å²) in [5, 5.41) is 8.64. The summed E-state index contributed by atoms with van der Waals surface area (Å²) >= 11 is 6.33. The van der Waals surface area contributed by atoms with Crippen molar-refractivity contribution in [2.75, 3.05) is 19.8 Å². The number of azo groups is 1. The Morgan fingerprint density at radius 2 is 1.41 bits per heavy atom. The average molecular weight is 693 g/mol. The predicted octanol–water partition coefficient (Wildman–Crippen LogP) is 8.78. The first-order valence-electron chi connectivity index (χ1n) is 16.0. The second-order valence-corrected chi connectivity index (χ2v) is 11.5. The lowest BCUT2D eigenvalue weighted by atomic mass is 10.1. The molecule has 0 aliphatic carbocycles. The van der Waals surface area contributed by atoms with Crippen molar-refractivity contribution in [1.29, 1.82) is 0 Å². The van der Waals surface area contributed by atoms with Crippen LogP contribution in [0.1, 0.15) is 73.6 Å². The average Bonchev–Trinajstić information content (AvgIpc) is 3.11. The highest BCUT2D eigenvalue weighted by atomic mass is 35.5. The summed E-state index contributed by atoms with van der Waals surface area (Å²) in [4.78, 5) is 48.2. The van der Waals surface area contributed by atoms with Gasteiger partial charge in [0.2, 0.25) is 0 Å². The van der Waals surface area contributed by atoms with Crippen molar-refractivity contribution < 1.29 is 42.9 Å². The lowest BCUT2D eigenvalue weighted by Crippen LogP contribution is -2.27. The van der Waals surface area contributed by atoms with Crippen LogP contribution in [0.3, 0.4) is 0 Å². The van der Waals surface area contributed by atoms with Crippen molar-refractivity contribution >= 4 is 46.9 Å². The highest BCUT2D eigenvalue weighted by Crippen LogP contribution is 2.27. The van der Waals surface area contributed by atoms with Crippen LogP contribution in [0.15, 0.2) is 89.6 Å². The molecule has 0 saturated carbocycles. The number of ether oxygens (including phenoxy) is 5. The maximum absolute atomic E-state index is 12.7. The predicted molar refractivity (Wildman–Crippen MR) is 184 cm³/mol. The maximum Gasteiger partial charge on any atom is 0.347 e. The molecular formula is C37H41ClN2O9. The zero-order valence-corrected chi connectivity index (χ0v) is 28.6. The van der Waals surface area contributed by atoms with Crippen LogP contribution in [0, 0.1) is 5.92 Å². The van der Waals surface area contributed by atoms with E-state index in [2.05, 4.69) is 16.8 Å². The fourth-order valence-electron chi connectivity index (χ4n) is 3.98. The van der Waals surface area contributed by atoms with E-state index < -0.39 is 30.0 Å². The van der Waals surface area contributed by atoms with Crippen molar-refractivity contribution in [2.45, 2.75) is 59.0 Å². The van der Waals surface area contributed by atoms with Gasteiger partial charge in [0.25, 0.3) is 0 Å². The zero-order chi connectivity index (χ0) is 35.6. The minimum Gasteiger partial charge on any atom is -0.492 e. The van der Waals surface area contributed by atoms with Crippen molar-refractivity contribution in [3.8, 4) is 11.5 Å². The Kier molecular flexibility index (Phi) is 16.0. The Morgan fingerprint density at radius 3 is 2.02 bits per heavy atom. The number of benzene rings is 3. The standard InChI is InChI=1S/C37H41ClN2O9/c1-5-25(3)24-47-35(42)26(4)48-36(43)27-11-14-29(15-12-27)39-40-30-16-18-31(19-17-30)49-37(44)28-13-20-33(32(38)23-28)45-21-9-7-8-10-22-46-34(41)6-2/h6,11-20,23,25-26H,2,5,7-10,21-22,24H2,1,3-4H3/t25-,26-/m0/s1. The zero-order valence-electron chi connectivity index (χ0n) is 27.9. The molecule has 0 N–H and O–H groups in total. The molecule has 2 atom stereocenters. The van der Waals surface area contributed by atoms with Crippen molar-refractivity contribution in [2.24, 2.45) is 16.1 Å². The van der Waals surface area contributed by atoms with E-state index in [1.165, 1.54) is 25.1 Å². The molecule has 0 heterocycles. The van der Waals surface area contributed by atoms with E-state index in [4.69, 9.17) is 35.3 Å². The molecule has 3 aromatic carbocycles. The van der Waals surface area contributed by atoms with Gasteiger partial charge in [-0.05, 0) is 105 Å². The third kappa shape index (κ3) is 13.5. The fraction of sp³-hybridized carbons (Fsp3) is 0.351. The van der Waals surface area contributed by atoms with Crippen molar-refractivity contribution in [1.82, 2.24) is 0 Å². The molecule has 0 aliphatic heterocycles. The molecule has 12 heteroatoms. The largest absolute Gasteiger partial charge is 0.492 e. The molecule has 3 aromatic rings. The molecule has 0 spiro atoms. The first-order chi connectivity index (χ1) is 23.6. The van der Waals surface area contributed by atoms with Gasteiger partial charge in [0.15, 0.2) is 6.10 Å². The molecule has 49 heavy (non-hydrogen) atoms. The van der Waals surface area contributed by atoms with Gasteiger partial charge >= 0.3 is 23.9 Å². The van der Waals surface area contributed by atoms with Crippen LogP contribution in [0.2, 0.25) is 5.02 Å². The van der Waals surface area contributed by atoms with Gasteiger partial charge in [-0.25, -0.2) is 19.2 Å². The lowest BCUT2D eigenvalue weighted by Gasteiger charge is -2.14. The van der Waals surface area contributed by atoms with Crippen LogP contribution in [-0.4, -0.2) is 49.8 Å². The molecule has 0 aliphatic rings. The van der Waals surface area contributed by atoms with E-state index in [1.807, 2.05) is 13.8 Å². The number of hydrogen-bond acceptors (Lipinski definition) is 11. The van der Waals surface area contributed by atoms with Gasteiger partial charge in [-0.1, -0.05) is 38.4 Å². The van der Waals surface area contributed by atoms with Gasteiger partial charge < -0.3 is 23.7 Å². The second kappa shape index (κ2) is 20.4. The number of unbranched alkanes of at least 4 members (excludes halogenated alkanes) is 3. The Morgan fingerprint density at radius 1 is 0.796 bits per heavy atom. The summed E-state index contributed by atoms with van der Waals surface area (Å²) in [5.41, 5.74) is 1.51. The van der Waals surface area contributed by atoms with E-state index in [9.17, 15) is 19.2 Å². The molecule has 11 nitrogen and oxygen atoms in total. The Hall–Kier alpha value is -5.03. The van der Waals surface area contributed by atoms with Crippen LogP contribution >= 0.6 is 11.6 Å². The summed E-state index contributed by atoms with van der Waals surface area (Å²) in [6.07, 6.45) is 4.35. The van der Waals surface area contributed by atoms with Gasteiger partial charge in [0.1, 0.15) is 11.5 Å². The number of rotatable bonds is 19. The first-order valence-corrected chi connectivity index (χ1v) is 16.4. The molecular weight excluding hydrogens is 652 g/mol. The minimum atomic E-state index is -1.03. The maximum atomic E-state index is 12.7. The number of carbonyl (C=O) groups is 4. The molecule has 0 aromatic heterocycles. The topological polar surface area (TPSA) is 139 Å². The summed E-state index contributed by atoms with van der Waals surface area (Å²) in [7, 11) is 0. The number of halogens is 1. The van der Waals surface area contributed by atoms with Crippen molar-refractivity contribution in [3.63, 3.8) is 0 Å². The molecule has 0 saturated heterocycles. The monoisotopic (exact) mass is 692 g/mol. The molecule has 260 valence electrons. The van der Waals surface area contributed by atoms with E-state index in [0.717, 1.165) is 38.2 Å². The second-order valence-electron chi connectivity index (χ2n) is 11.1. The van der Waals surface area contributed by atoms with Crippen LogP contribution in [0.4, 0.5) is 11.4 Å². The summed E-state index contributed by atoms with van der Waals surface area (Å²) in [5.74, 6) is -1.26. The highest BCUT2D eigenvalue weighted by Gasteiger charge is 2.21. The number of esters is 4. The van der Waals surface area contributed by atoms with E-state index in [-0.39, 0.29) is 23.7 Å². The highest BCUT2D eigenvalue weighted by molar-refractivity contribution is 6.32. The Balaban J connectivity index is 1.42. The lowest BCUT2D eigenvalue weighted by molar-refractivity contribution is -0.154. The Bertz CT molecular complexity index is 1590. The number of nitrogens with zero attached hydrogens (tertiary/aromatic N) is 2. The van der Waals surface area contributed by atoms with E-state index >= 15 is 0 Å². The van der Waals surface area contributed by atoms with E-state index in [1.54, 1.807) is 48.5 Å². The first kappa shape index (κ1) is 38.4. The van der Waals surface area contributed by atoms with Gasteiger partial charge in [-0.2, -0.15) is 10.2 Å². The van der Waals surface area contributed by atoms with Gasteiger partial charge in [-0.3, -0.25) is 0 Å². The third-order valence-electron chi connectivity index (χ3n) is 7.13. The minimum absolute atomic E-state index is 0.225. The fourth-order valence-corrected chi connectivity index (χ4v) is 4.21. The SMILES string of the molecule is C=CC(=O)OCCCCCCOc1ccc(C(=O)Oc2ccc(N=Nc3ccc(C(=O)O[C@@H](C)C(=O)OC[C@@H](C)CC)cc3)cc2)cc1Cl. The van der Waals surface area contributed by atoms with Gasteiger partial charge in [0, 0.05) is 6.08 Å². The Labute approximate surface area is 291 Å². The molecule has 0 radical (unpaired) electrons. The molecule has 0 fully saturated rings. The van der Waals surface area contributed by atoms with Gasteiger partial charge in [-0.15, -0.1) is 0 Å². The molecule has 3 rings (SSSR count). The third-order valence-corrected chi connectivity index (χ3v) is 7.42. The van der Waals surface area contributed by atoms with E-state index in [0.29, 0.717) is 41.1 Å². The normalized spacial score (nSPS) is 12.1. The molecule has 0 unspecified atom stereocenters. The number of hydrogen-bond donors (Lipinski definition) is 0. The van der Waals surface area contributed by atoms with Crippen LogP contribution in [0.5, 0.6) is 11.5 Å². The summed E-state index contributed by atoms with van der Waals surface area (Å²) in [6.45, 7) is 9.88. The summed E-state index contributed by atoms with van der Waals surface area (Å²) in [6, 6.07) is 17.4. The molecule has 0 bridgehead atoms. The summed E-state index contributed by atoms with van der Waals surface area (Å²) < 4.78 is 26.5. The van der Waals surface area contributed by atoms with Crippen LogP contribution in [-0.2, 0) is 23.8 Å². The smallest absolute Gasteiger partial charge is 0.347 e. The van der Waals surface area contributed by atoms with Crippen molar-refractivity contribution in [3.05, 3.63) is 95.5 Å². The molecule has 0 amide bonds.